The third-order valence-corrected chi connectivity index (χ3v) is 11.7. The molecule has 0 atom stereocenters. The molecule has 8 aromatic carbocycles. The summed E-state index contributed by atoms with van der Waals surface area (Å²) < 4.78 is 4.45. The van der Waals surface area contributed by atoms with Crippen molar-refractivity contribution in [1.82, 2.24) is 19.1 Å². The number of fused-ring (bicyclic) bond motifs is 6. The molecule has 276 valence electrons. The third kappa shape index (κ3) is 5.39. The van der Waals surface area contributed by atoms with Crippen molar-refractivity contribution in [2.75, 3.05) is 0 Å². The smallest absolute Gasteiger partial charge is 0.163 e. The molecule has 0 spiro atoms. The zero-order chi connectivity index (χ0) is 39.3. The highest BCUT2D eigenvalue weighted by atomic mass is 15.1. The zero-order valence-corrected chi connectivity index (χ0v) is 31.9. The predicted octanol–water partition coefficient (Wildman–Crippen LogP) is 12.6. The largest absolute Gasteiger partial charge is 0.294 e. The standard InChI is InChI=1S/C54H35N5/c55-36-37-28-33-50-46(34-37)45-24-12-15-27-49(45)59(50)52-35-51(58-47-25-13-10-22-43(47)44-23-11-14-26-48(44)58)56-53(57-52)38-29-31-42(32-30-38)54(39-16-4-1-5-17-39,40-18-6-2-7-19-40)41-20-8-3-9-21-41/h1-35H. The van der Waals surface area contributed by atoms with Crippen molar-refractivity contribution in [2.45, 2.75) is 5.41 Å². The first-order valence-electron chi connectivity index (χ1n) is 19.8. The maximum atomic E-state index is 9.85. The Morgan fingerprint density at radius 1 is 0.373 bits per heavy atom. The van der Waals surface area contributed by atoms with Gasteiger partial charge in [0.2, 0.25) is 0 Å². The monoisotopic (exact) mass is 753 g/mol. The molecule has 0 fully saturated rings. The van der Waals surface area contributed by atoms with Gasteiger partial charge in [-0.2, -0.15) is 5.26 Å². The molecule has 5 heteroatoms. The van der Waals surface area contributed by atoms with Crippen molar-refractivity contribution < 1.29 is 0 Å². The SMILES string of the molecule is N#Cc1ccc2c(c1)c1ccccc1n2-c1cc(-n2c3ccccc3c3ccccc32)nc(-c2ccc(C(c3ccccc3)(c3ccccc3)c3ccccc3)cc2)n1. The molecule has 0 aliphatic heterocycles. The molecule has 0 aliphatic carbocycles. The molecule has 3 heterocycles. The van der Waals surface area contributed by atoms with Crippen LogP contribution in [0, 0.1) is 11.3 Å². The topological polar surface area (TPSA) is 59.4 Å². The third-order valence-electron chi connectivity index (χ3n) is 11.7. The summed E-state index contributed by atoms with van der Waals surface area (Å²) in [5.41, 5.74) is 9.73. The fraction of sp³-hybridized carbons (Fsp3) is 0.0185. The Morgan fingerprint density at radius 2 is 0.763 bits per heavy atom. The summed E-state index contributed by atoms with van der Waals surface area (Å²) in [6.45, 7) is 0. The molecule has 11 rings (SSSR count). The maximum Gasteiger partial charge on any atom is 0.163 e. The first-order valence-corrected chi connectivity index (χ1v) is 19.8. The summed E-state index contributed by atoms with van der Waals surface area (Å²) in [5.74, 6) is 2.10. The Labute approximate surface area is 341 Å². The molecule has 0 N–H and O–H groups in total. The number of benzene rings is 8. The first kappa shape index (κ1) is 34.2. The number of nitriles is 1. The minimum Gasteiger partial charge on any atom is -0.294 e. The lowest BCUT2D eigenvalue weighted by Crippen LogP contribution is -2.30. The van der Waals surface area contributed by atoms with Crippen molar-refractivity contribution in [2.24, 2.45) is 0 Å². The number of nitrogens with zero attached hydrogens (tertiary/aromatic N) is 5. The molecule has 3 aromatic heterocycles. The molecule has 0 saturated carbocycles. The van der Waals surface area contributed by atoms with Crippen LogP contribution in [-0.2, 0) is 5.41 Å². The van der Waals surface area contributed by atoms with E-state index in [2.05, 4.69) is 203 Å². The highest BCUT2D eigenvalue weighted by Gasteiger charge is 2.38. The van der Waals surface area contributed by atoms with Gasteiger partial charge in [-0.3, -0.25) is 9.13 Å². The summed E-state index contributed by atoms with van der Waals surface area (Å²) in [6.07, 6.45) is 0. The van der Waals surface area contributed by atoms with Crippen molar-refractivity contribution in [1.29, 1.82) is 5.26 Å². The van der Waals surface area contributed by atoms with Gasteiger partial charge in [0, 0.05) is 33.2 Å². The van der Waals surface area contributed by atoms with Gasteiger partial charge in [-0.15, -0.1) is 0 Å². The van der Waals surface area contributed by atoms with Crippen LogP contribution in [0.4, 0.5) is 0 Å². The second kappa shape index (κ2) is 13.8. The molecule has 0 amide bonds. The van der Waals surface area contributed by atoms with Gasteiger partial charge in [0.25, 0.3) is 0 Å². The lowest BCUT2D eigenvalue weighted by molar-refractivity contribution is 0.745. The van der Waals surface area contributed by atoms with Crippen LogP contribution in [0.25, 0.3) is 66.6 Å². The van der Waals surface area contributed by atoms with Crippen molar-refractivity contribution in [3.63, 3.8) is 0 Å². The average molecular weight is 754 g/mol. The normalized spacial score (nSPS) is 11.7. The van der Waals surface area contributed by atoms with E-state index in [0.717, 1.165) is 66.4 Å². The predicted molar refractivity (Wildman–Crippen MR) is 239 cm³/mol. The van der Waals surface area contributed by atoms with E-state index < -0.39 is 5.41 Å². The quantitative estimate of drug-likeness (QED) is 0.152. The van der Waals surface area contributed by atoms with Gasteiger partial charge in [0.15, 0.2) is 5.82 Å². The van der Waals surface area contributed by atoms with E-state index in [1.165, 1.54) is 16.7 Å². The van der Waals surface area contributed by atoms with Gasteiger partial charge in [-0.05, 0) is 58.7 Å². The second-order valence-electron chi connectivity index (χ2n) is 14.9. The van der Waals surface area contributed by atoms with E-state index in [1.54, 1.807) is 0 Å². The molecule has 0 saturated heterocycles. The highest BCUT2D eigenvalue weighted by molar-refractivity contribution is 6.10. The van der Waals surface area contributed by atoms with Gasteiger partial charge in [0.1, 0.15) is 11.6 Å². The highest BCUT2D eigenvalue weighted by Crippen LogP contribution is 2.45. The molecule has 0 radical (unpaired) electrons. The number of para-hydroxylation sites is 3. The molecule has 0 bridgehead atoms. The van der Waals surface area contributed by atoms with Crippen molar-refractivity contribution in [3.05, 3.63) is 240 Å². The summed E-state index contributed by atoms with van der Waals surface area (Å²) in [4.78, 5) is 10.8. The molecular weight excluding hydrogens is 719 g/mol. The van der Waals surface area contributed by atoms with Crippen molar-refractivity contribution >= 4 is 43.6 Å². The van der Waals surface area contributed by atoms with Gasteiger partial charge in [-0.25, -0.2) is 9.97 Å². The zero-order valence-electron chi connectivity index (χ0n) is 31.9. The van der Waals surface area contributed by atoms with Crippen LogP contribution in [0.1, 0.15) is 27.8 Å². The summed E-state index contributed by atoms with van der Waals surface area (Å²) in [7, 11) is 0. The van der Waals surface area contributed by atoms with Crippen LogP contribution in [-0.4, -0.2) is 19.1 Å². The summed E-state index contributed by atoms with van der Waals surface area (Å²) in [6, 6.07) is 76.8. The van der Waals surface area contributed by atoms with Crippen LogP contribution < -0.4 is 0 Å². The van der Waals surface area contributed by atoms with Crippen LogP contribution in [0.5, 0.6) is 0 Å². The minimum absolute atomic E-state index is 0.579. The Kier molecular flexibility index (Phi) is 8.02. The van der Waals surface area contributed by atoms with Crippen LogP contribution in [0.3, 0.4) is 0 Å². The van der Waals surface area contributed by atoms with Gasteiger partial charge >= 0.3 is 0 Å². The lowest BCUT2D eigenvalue weighted by atomic mass is 9.65. The Morgan fingerprint density at radius 3 is 1.22 bits per heavy atom. The van der Waals surface area contributed by atoms with E-state index in [9.17, 15) is 5.26 Å². The van der Waals surface area contributed by atoms with Gasteiger partial charge in [-0.1, -0.05) is 170 Å². The second-order valence-corrected chi connectivity index (χ2v) is 14.9. The lowest BCUT2D eigenvalue weighted by Gasteiger charge is -2.37. The minimum atomic E-state index is -0.579. The molecule has 0 unspecified atom stereocenters. The number of hydrogen-bond acceptors (Lipinski definition) is 3. The van der Waals surface area contributed by atoms with Crippen molar-refractivity contribution in [3.8, 4) is 29.1 Å². The molecular formula is C54H35N5. The van der Waals surface area contributed by atoms with E-state index >= 15 is 0 Å². The average Bonchev–Trinajstić information content (AvgIpc) is 3.83. The summed E-state index contributed by atoms with van der Waals surface area (Å²) >= 11 is 0. The van der Waals surface area contributed by atoms with E-state index in [0.29, 0.717) is 11.4 Å². The van der Waals surface area contributed by atoms with E-state index in [-0.39, 0.29) is 0 Å². The van der Waals surface area contributed by atoms with Gasteiger partial charge < -0.3 is 0 Å². The molecule has 5 nitrogen and oxygen atoms in total. The Balaban J connectivity index is 1.17. The fourth-order valence-electron chi connectivity index (χ4n) is 9.17. The molecule has 0 aliphatic rings. The first-order chi connectivity index (χ1) is 29.2. The van der Waals surface area contributed by atoms with Crippen LogP contribution >= 0.6 is 0 Å². The van der Waals surface area contributed by atoms with E-state index in [1.807, 2.05) is 24.3 Å². The van der Waals surface area contributed by atoms with E-state index in [4.69, 9.17) is 9.97 Å². The summed E-state index contributed by atoms with van der Waals surface area (Å²) in [5, 5.41) is 14.2. The Bertz CT molecular complexity index is 3230. The number of hydrogen-bond donors (Lipinski definition) is 0. The molecule has 11 aromatic rings. The number of rotatable bonds is 7. The maximum absolute atomic E-state index is 9.85. The fourth-order valence-corrected chi connectivity index (χ4v) is 9.17. The van der Waals surface area contributed by atoms with Crippen LogP contribution in [0.2, 0.25) is 0 Å². The molecule has 59 heavy (non-hydrogen) atoms. The Hall–Kier alpha value is -8.07. The van der Waals surface area contributed by atoms with Gasteiger partial charge in [0.05, 0.1) is 39.1 Å². The van der Waals surface area contributed by atoms with Crippen LogP contribution in [0.15, 0.2) is 212 Å². The number of aromatic nitrogens is 4.